The summed E-state index contributed by atoms with van der Waals surface area (Å²) in [5.74, 6) is 0.892. The Kier molecular flexibility index (Phi) is 4.06. The van der Waals surface area contributed by atoms with Crippen LogP contribution in [0.1, 0.15) is 45.4 Å². The van der Waals surface area contributed by atoms with Crippen LogP contribution in [0.25, 0.3) is 0 Å². The molecule has 3 unspecified atom stereocenters. The van der Waals surface area contributed by atoms with Gasteiger partial charge in [-0.25, -0.2) is 0 Å². The van der Waals surface area contributed by atoms with Crippen molar-refractivity contribution >= 4 is 0 Å². The van der Waals surface area contributed by atoms with Crippen LogP contribution in [0, 0.1) is 17.2 Å². The van der Waals surface area contributed by atoms with Gasteiger partial charge in [-0.1, -0.05) is 13.3 Å². The van der Waals surface area contributed by atoms with E-state index in [0.29, 0.717) is 6.04 Å². The summed E-state index contributed by atoms with van der Waals surface area (Å²) < 4.78 is 0. The van der Waals surface area contributed by atoms with E-state index in [1.165, 1.54) is 38.8 Å². The van der Waals surface area contributed by atoms with E-state index in [9.17, 15) is 5.26 Å². The maximum absolute atomic E-state index is 9.37. The number of nitriles is 1. The molecular formula is C14H25N3. The molecule has 2 fully saturated rings. The van der Waals surface area contributed by atoms with Gasteiger partial charge in [-0.3, -0.25) is 4.90 Å². The zero-order valence-electron chi connectivity index (χ0n) is 11.2. The maximum atomic E-state index is 9.37. The molecule has 96 valence electrons. The molecule has 0 aromatic heterocycles. The minimum atomic E-state index is -0.257. The number of hydrogen-bond donors (Lipinski definition) is 1. The van der Waals surface area contributed by atoms with E-state index >= 15 is 0 Å². The Morgan fingerprint density at radius 1 is 1.47 bits per heavy atom. The lowest BCUT2D eigenvalue weighted by molar-refractivity contribution is 0.143. The monoisotopic (exact) mass is 235 g/mol. The van der Waals surface area contributed by atoms with Crippen LogP contribution in [0.15, 0.2) is 0 Å². The van der Waals surface area contributed by atoms with Gasteiger partial charge in [-0.15, -0.1) is 0 Å². The molecule has 1 aliphatic heterocycles. The molecule has 2 rings (SSSR count). The molecule has 3 nitrogen and oxygen atoms in total. The maximum Gasteiger partial charge on any atom is 0.108 e. The average Bonchev–Trinajstić information content (AvgIpc) is 2.87. The fourth-order valence-corrected chi connectivity index (χ4v) is 3.47. The van der Waals surface area contributed by atoms with Crippen molar-refractivity contribution in [2.45, 2.75) is 57.0 Å². The summed E-state index contributed by atoms with van der Waals surface area (Å²) >= 11 is 0. The van der Waals surface area contributed by atoms with E-state index in [0.717, 1.165) is 18.8 Å². The summed E-state index contributed by atoms with van der Waals surface area (Å²) in [4.78, 5) is 2.64. The van der Waals surface area contributed by atoms with E-state index in [1.54, 1.807) is 0 Å². The molecular weight excluding hydrogens is 210 g/mol. The summed E-state index contributed by atoms with van der Waals surface area (Å²) in [6.07, 6.45) is 7.15. The lowest BCUT2D eigenvalue weighted by Crippen LogP contribution is -2.51. The Morgan fingerprint density at radius 2 is 2.29 bits per heavy atom. The van der Waals surface area contributed by atoms with Crippen molar-refractivity contribution in [2.75, 3.05) is 20.1 Å². The lowest BCUT2D eigenvalue weighted by Gasteiger charge is -2.39. The smallest absolute Gasteiger partial charge is 0.108 e. The van der Waals surface area contributed by atoms with Crippen molar-refractivity contribution < 1.29 is 0 Å². The molecule has 0 bridgehead atoms. The highest BCUT2D eigenvalue weighted by molar-refractivity contribution is 5.10. The van der Waals surface area contributed by atoms with E-state index in [2.05, 4.69) is 23.2 Å². The highest BCUT2D eigenvalue weighted by Gasteiger charge is 2.39. The standard InChI is InChI=1S/C14H25N3/c1-3-12-6-8-17(10-12)13-5-4-7-14(9-13,11-15)16-2/h12-13,16H,3-10H2,1-2H3. The Balaban J connectivity index is 1.96. The Hall–Kier alpha value is -0.590. The highest BCUT2D eigenvalue weighted by atomic mass is 15.2. The summed E-state index contributed by atoms with van der Waals surface area (Å²) in [6, 6.07) is 3.14. The molecule has 1 saturated carbocycles. The van der Waals surface area contributed by atoms with Gasteiger partial charge in [0, 0.05) is 12.6 Å². The third kappa shape index (κ3) is 2.64. The van der Waals surface area contributed by atoms with Crippen molar-refractivity contribution in [3.8, 4) is 6.07 Å². The zero-order valence-corrected chi connectivity index (χ0v) is 11.2. The first-order valence-electron chi connectivity index (χ1n) is 7.07. The van der Waals surface area contributed by atoms with Crippen LogP contribution in [0.4, 0.5) is 0 Å². The zero-order chi connectivity index (χ0) is 12.3. The summed E-state index contributed by atoms with van der Waals surface area (Å²) in [5, 5.41) is 12.6. The van der Waals surface area contributed by atoms with Crippen molar-refractivity contribution in [3.05, 3.63) is 0 Å². The molecule has 2 aliphatic rings. The van der Waals surface area contributed by atoms with Crippen LogP contribution in [-0.2, 0) is 0 Å². The molecule has 1 N–H and O–H groups in total. The third-order valence-electron chi connectivity index (χ3n) is 4.83. The Labute approximate surface area is 105 Å². The van der Waals surface area contributed by atoms with E-state index in [4.69, 9.17) is 0 Å². The minimum absolute atomic E-state index is 0.257. The normalized spacial score (nSPS) is 39.1. The van der Waals surface area contributed by atoms with Gasteiger partial charge in [-0.2, -0.15) is 5.26 Å². The minimum Gasteiger partial charge on any atom is -0.302 e. The highest BCUT2D eigenvalue weighted by Crippen LogP contribution is 2.33. The molecule has 3 heteroatoms. The predicted molar refractivity (Wildman–Crippen MR) is 69.6 cm³/mol. The number of rotatable bonds is 3. The molecule has 3 atom stereocenters. The molecule has 17 heavy (non-hydrogen) atoms. The van der Waals surface area contributed by atoms with Gasteiger partial charge < -0.3 is 5.32 Å². The first-order chi connectivity index (χ1) is 8.23. The second-order valence-corrected chi connectivity index (χ2v) is 5.75. The Bertz CT molecular complexity index is 296. The molecule has 1 aliphatic carbocycles. The van der Waals surface area contributed by atoms with E-state index < -0.39 is 0 Å². The van der Waals surface area contributed by atoms with Crippen LogP contribution in [0.5, 0.6) is 0 Å². The van der Waals surface area contributed by atoms with Gasteiger partial charge in [-0.05, 0) is 51.6 Å². The predicted octanol–water partition coefficient (Wildman–Crippen LogP) is 2.14. The second-order valence-electron chi connectivity index (χ2n) is 5.75. The quantitative estimate of drug-likeness (QED) is 0.814. The largest absolute Gasteiger partial charge is 0.302 e. The van der Waals surface area contributed by atoms with Gasteiger partial charge in [0.2, 0.25) is 0 Å². The second kappa shape index (κ2) is 5.37. The third-order valence-corrected chi connectivity index (χ3v) is 4.83. The summed E-state index contributed by atoms with van der Waals surface area (Å²) in [5.41, 5.74) is -0.257. The first kappa shape index (κ1) is 12.9. The first-order valence-corrected chi connectivity index (χ1v) is 7.07. The van der Waals surface area contributed by atoms with Gasteiger partial charge in [0.25, 0.3) is 0 Å². The molecule has 1 heterocycles. The fourth-order valence-electron chi connectivity index (χ4n) is 3.47. The molecule has 0 aromatic rings. The van der Waals surface area contributed by atoms with Crippen LogP contribution in [0.2, 0.25) is 0 Å². The Morgan fingerprint density at radius 3 is 2.88 bits per heavy atom. The molecule has 0 amide bonds. The van der Waals surface area contributed by atoms with Gasteiger partial charge in [0.15, 0.2) is 0 Å². The van der Waals surface area contributed by atoms with E-state index in [-0.39, 0.29) is 5.54 Å². The summed E-state index contributed by atoms with van der Waals surface area (Å²) in [6.45, 7) is 4.79. The average molecular weight is 235 g/mol. The number of nitrogens with zero attached hydrogens (tertiary/aromatic N) is 2. The molecule has 0 spiro atoms. The SMILES string of the molecule is CCC1CCN(C2CCCC(C#N)(NC)C2)C1. The van der Waals surface area contributed by atoms with Crippen molar-refractivity contribution in [1.29, 1.82) is 5.26 Å². The lowest BCUT2D eigenvalue weighted by atomic mass is 9.79. The number of hydrogen-bond acceptors (Lipinski definition) is 3. The van der Waals surface area contributed by atoms with Crippen LogP contribution >= 0.6 is 0 Å². The van der Waals surface area contributed by atoms with Gasteiger partial charge in [0.1, 0.15) is 5.54 Å². The van der Waals surface area contributed by atoms with Crippen molar-refractivity contribution in [3.63, 3.8) is 0 Å². The van der Waals surface area contributed by atoms with E-state index in [1.807, 2.05) is 7.05 Å². The van der Waals surface area contributed by atoms with Crippen molar-refractivity contribution in [2.24, 2.45) is 5.92 Å². The van der Waals surface area contributed by atoms with Crippen molar-refractivity contribution in [1.82, 2.24) is 10.2 Å². The van der Waals surface area contributed by atoms with Crippen LogP contribution in [0.3, 0.4) is 0 Å². The topological polar surface area (TPSA) is 39.1 Å². The van der Waals surface area contributed by atoms with Gasteiger partial charge >= 0.3 is 0 Å². The summed E-state index contributed by atoms with van der Waals surface area (Å²) in [7, 11) is 1.93. The number of nitrogens with one attached hydrogen (secondary N) is 1. The number of likely N-dealkylation sites (tertiary alicyclic amines) is 1. The fraction of sp³-hybridized carbons (Fsp3) is 0.929. The molecule has 0 aromatic carbocycles. The molecule has 0 radical (unpaired) electrons. The molecule has 1 saturated heterocycles. The van der Waals surface area contributed by atoms with Gasteiger partial charge in [0.05, 0.1) is 6.07 Å². The van der Waals surface area contributed by atoms with Crippen LogP contribution < -0.4 is 5.32 Å². The van der Waals surface area contributed by atoms with Crippen LogP contribution in [-0.4, -0.2) is 36.6 Å².